The lowest BCUT2D eigenvalue weighted by Crippen LogP contribution is -2.07. The molecular formula is C8H10ClNO. The third kappa shape index (κ3) is 1.27. The van der Waals surface area contributed by atoms with Gasteiger partial charge in [-0.25, -0.2) is 0 Å². The van der Waals surface area contributed by atoms with Crippen molar-refractivity contribution in [2.45, 2.75) is 31.1 Å². The average Bonchev–Trinajstić information content (AvgIpc) is 2.32. The van der Waals surface area contributed by atoms with E-state index < -0.39 is 0 Å². The van der Waals surface area contributed by atoms with Crippen molar-refractivity contribution in [3.8, 4) is 0 Å². The highest BCUT2D eigenvalue weighted by atomic mass is 35.5. The number of alkyl halides is 1. The summed E-state index contributed by atoms with van der Waals surface area (Å²) < 4.78 is 5.12. The first-order valence-corrected chi connectivity index (χ1v) is 4.45. The molecule has 0 aliphatic heterocycles. The Bertz CT molecular complexity index is 242. The smallest absolute Gasteiger partial charge is 0.140 e. The lowest BCUT2D eigenvalue weighted by molar-refractivity contribution is 0.299. The van der Waals surface area contributed by atoms with E-state index in [1.165, 1.54) is 19.3 Å². The van der Waals surface area contributed by atoms with E-state index in [4.69, 9.17) is 16.1 Å². The molecule has 0 spiro atoms. The maximum Gasteiger partial charge on any atom is 0.140 e. The molecule has 3 heteroatoms. The predicted octanol–water partition coefficient (Wildman–Crippen LogP) is 2.68. The predicted molar refractivity (Wildman–Crippen MR) is 42.7 cm³/mol. The number of hydrogen-bond donors (Lipinski definition) is 0. The number of rotatable bonds is 2. The molecule has 0 bridgehead atoms. The van der Waals surface area contributed by atoms with E-state index in [2.05, 4.69) is 5.16 Å². The van der Waals surface area contributed by atoms with Gasteiger partial charge in [-0.1, -0.05) is 11.6 Å². The molecule has 1 saturated carbocycles. The van der Waals surface area contributed by atoms with E-state index >= 15 is 0 Å². The Balaban J connectivity index is 2.11. The largest absolute Gasteiger partial charge is 0.361 e. The van der Waals surface area contributed by atoms with Crippen molar-refractivity contribution >= 4 is 11.6 Å². The van der Waals surface area contributed by atoms with Crippen molar-refractivity contribution in [3.05, 3.63) is 17.5 Å². The molecule has 1 aromatic rings. The SMILES string of the molecule is ClCc1cc(C2CCC2)on1. The molecule has 0 saturated heterocycles. The maximum atomic E-state index is 5.58. The minimum absolute atomic E-state index is 0.455. The molecule has 1 aromatic heterocycles. The monoisotopic (exact) mass is 171 g/mol. The normalized spacial score (nSPS) is 18.3. The molecule has 0 amide bonds. The van der Waals surface area contributed by atoms with Gasteiger partial charge in [0.15, 0.2) is 0 Å². The van der Waals surface area contributed by atoms with E-state index in [1.54, 1.807) is 0 Å². The van der Waals surface area contributed by atoms with Gasteiger partial charge >= 0.3 is 0 Å². The Kier molecular flexibility index (Phi) is 1.86. The molecule has 0 atom stereocenters. The summed E-state index contributed by atoms with van der Waals surface area (Å²) in [6.07, 6.45) is 3.81. The third-order valence-corrected chi connectivity index (χ3v) is 2.50. The van der Waals surface area contributed by atoms with Gasteiger partial charge in [0.25, 0.3) is 0 Å². The van der Waals surface area contributed by atoms with E-state index in [9.17, 15) is 0 Å². The van der Waals surface area contributed by atoms with Gasteiger partial charge in [0, 0.05) is 12.0 Å². The lowest BCUT2D eigenvalue weighted by Gasteiger charge is -2.21. The van der Waals surface area contributed by atoms with Gasteiger partial charge in [0.1, 0.15) is 5.76 Å². The van der Waals surface area contributed by atoms with Crippen LogP contribution in [0.3, 0.4) is 0 Å². The van der Waals surface area contributed by atoms with Gasteiger partial charge in [-0.15, -0.1) is 11.6 Å². The molecular weight excluding hydrogens is 162 g/mol. The highest BCUT2D eigenvalue weighted by molar-refractivity contribution is 6.16. The Labute approximate surface area is 70.5 Å². The second-order valence-corrected chi connectivity index (χ2v) is 3.25. The minimum atomic E-state index is 0.455. The van der Waals surface area contributed by atoms with Crippen LogP contribution in [0.4, 0.5) is 0 Å². The topological polar surface area (TPSA) is 26.0 Å². The van der Waals surface area contributed by atoms with E-state index in [-0.39, 0.29) is 0 Å². The van der Waals surface area contributed by atoms with Gasteiger partial charge in [-0.3, -0.25) is 0 Å². The van der Waals surface area contributed by atoms with Crippen molar-refractivity contribution in [3.63, 3.8) is 0 Å². The molecule has 0 unspecified atom stereocenters. The van der Waals surface area contributed by atoms with E-state index in [0.717, 1.165) is 11.5 Å². The molecule has 2 rings (SSSR count). The van der Waals surface area contributed by atoms with Crippen LogP contribution in [0.2, 0.25) is 0 Å². The summed E-state index contributed by atoms with van der Waals surface area (Å²) in [7, 11) is 0. The Morgan fingerprint density at radius 2 is 2.45 bits per heavy atom. The van der Waals surface area contributed by atoms with E-state index in [0.29, 0.717) is 11.8 Å². The van der Waals surface area contributed by atoms with Gasteiger partial charge in [0.2, 0.25) is 0 Å². The third-order valence-electron chi connectivity index (χ3n) is 2.22. The van der Waals surface area contributed by atoms with Crippen molar-refractivity contribution in [1.82, 2.24) is 5.16 Å². The summed E-state index contributed by atoms with van der Waals surface area (Å²) in [6.45, 7) is 0. The summed E-state index contributed by atoms with van der Waals surface area (Å²) >= 11 is 5.58. The summed E-state index contributed by atoms with van der Waals surface area (Å²) in [5.74, 6) is 2.10. The summed E-state index contributed by atoms with van der Waals surface area (Å²) in [5.41, 5.74) is 0.855. The van der Waals surface area contributed by atoms with Gasteiger partial charge in [0.05, 0.1) is 11.6 Å². The summed E-state index contributed by atoms with van der Waals surface area (Å²) in [4.78, 5) is 0. The molecule has 0 radical (unpaired) electrons. The van der Waals surface area contributed by atoms with Gasteiger partial charge in [-0.05, 0) is 12.8 Å². The van der Waals surface area contributed by atoms with E-state index in [1.807, 2.05) is 6.07 Å². The van der Waals surface area contributed by atoms with Crippen molar-refractivity contribution in [2.75, 3.05) is 0 Å². The molecule has 2 nitrogen and oxygen atoms in total. The molecule has 1 fully saturated rings. The number of nitrogens with zero attached hydrogens (tertiary/aromatic N) is 1. The lowest BCUT2D eigenvalue weighted by atomic mass is 9.83. The molecule has 0 aromatic carbocycles. The van der Waals surface area contributed by atoms with Crippen LogP contribution in [0.15, 0.2) is 10.6 Å². The standard InChI is InChI=1S/C8H10ClNO/c9-5-7-4-8(11-10-7)6-2-1-3-6/h4,6H,1-3,5H2. The van der Waals surface area contributed by atoms with Crippen molar-refractivity contribution in [2.24, 2.45) is 0 Å². The molecule has 1 aliphatic carbocycles. The first-order chi connectivity index (χ1) is 5.40. The average molecular weight is 172 g/mol. The zero-order valence-corrected chi connectivity index (χ0v) is 6.97. The van der Waals surface area contributed by atoms with Crippen LogP contribution in [-0.2, 0) is 5.88 Å². The first-order valence-electron chi connectivity index (χ1n) is 3.91. The fourth-order valence-corrected chi connectivity index (χ4v) is 1.40. The van der Waals surface area contributed by atoms with Gasteiger partial charge < -0.3 is 4.52 Å². The van der Waals surface area contributed by atoms with Crippen LogP contribution >= 0.6 is 11.6 Å². The Morgan fingerprint density at radius 3 is 2.91 bits per heavy atom. The zero-order valence-electron chi connectivity index (χ0n) is 6.22. The van der Waals surface area contributed by atoms with Crippen LogP contribution in [0.25, 0.3) is 0 Å². The van der Waals surface area contributed by atoms with Crippen LogP contribution in [0, 0.1) is 0 Å². The summed E-state index contributed by atoms with van der Waals surface area (Å²) in [5, 5.41) is 3.83. The molecule has 0 N–H and O–H groups in total. The van der Waals surface area contributed by atoms with Crippen LogP contribution in [0.5, 0.6) is 0 Å². The maximum absolute atomic E-state index is 5.58. The highest BCUT2D eigenvalue weighted by Crippen LogP contribution is 2.36. The number of hydrogen-bond acceptors (Lipinski definition) is 2. The number of aromatic nitrogens is 1. The number of halogens is 1. The molecule has 1 heterocycles. The first kappa shape index (κ1) is 7.17. The van der Waals surface area contributed by atoms with Crippen LogP contribution in [-0.4, -0.2) is 5.16 Å². The second kappa shape index (κ2) is 2.86. The fraction of sp³-hybridized carbons (Fsp3) is 0.625. The minimum Gasteiger partial charge on any atom is -0.361 e. The van der Waals surface area contributed by atoms with Crippen LogP contribution < -0.4 is 0 Å². The Hall–Kier alpha value is -0.500. The van der Waals surface area contributed by atoms with Crippen LogP contribution in [0.1, 0.15) is 36.6 Å². The molecule has 11 heavy (non-hydrogen) atoms. The van der Waals surface area contributed by atoms with Crippen molar-refractivity contribution < 1.29 is 4.52 Å². The molecule has 1 aliphatic rings. The zero-order chi connectivity index (χ0) is 7.68. The fourth-order valence-electron chi connectivity index (χ4n) is 1.28. The Morgan fingerprint density at radius 1 is 1.64 bits per heavy atom. The quantitative estimate of drug-likeness (QED) is 0.640. The van der Waals surface area contributed by atoms with Gasteiger partial charge in [-0.2, -0.15) is 0 Å². The second-order valence-electron chi connectivity index (χ2n) is 2.98. The highest BCUT2D eigenvalue weighted by Gasteiger charge is 2.23. The summed E-state index contributed by atoms with van der Waals surface area (Å²) in [6, 6.07) is 1.97. The molecule has 60 valence electrons. The van der Waals surface area contributed by atoms with Crippen molar-refractivity contribution in [1.29, 1.82) is 0 Å².